The van der Waals surface area contributed by atoms with Gasteiger partial charge in [0.15, 0.2) is 0 Å². The summed E-state index contributed by atoms with van der Waals surface area (Å²) in [5.41, 5.74) is 3.51. The van der Waals surface area contributed by atoms with Crippen LogP contribution in [0.1, 0.15) is 0 Å². The van der Waals surface area contributed by atoms with Crippen LogP contribution in [-0.2, 0) is 0 Å². The summed E-state index contributed by atoms with van der Waals surface area (Å²) in [4.78, 5) is 2.40. The van der Waals surface area contributed by atoms with Crippen molar-refractivity contribution in [2.75, 3.05) is 4.90 Å². The van der Waals surface area contributed by atoms with Crippen LogP contribution >= 0.6 is 0 Å². The van der Waals surface area contributed by atoms with Crippen LogP contribution in [0.3, 0.4) is 0 Å². The Morgan fingerprint density at radius 1 is 0.314 bits per heavy atom. The van der Waals surface area contributed by atoms with E-state index in [0.717, 1.165) is 5.69 Å². The number of benzene rings is 7. The Hall–Kier alpha value is -4.62. The van der Waals surface area contributed by atoms with Gasteiger partial charge in [-0.1, -0.05) is 103 Å². The van der Waals surface area contributed by atoms with Gasteiger partial charge in [-0.05, 0) is 68.7 Å². The molecule has 0 spiro atoms. The van der Waals surface area contributed by atoms with Crippen molar-refractivity contribution in [3.05, 3.63) is 140 Å². The van der Waals surface area contributed by atoms with E-state index in [-0.39, 0.29) is 0 Å². The molecule has 164 valence electrons. The van der Waals surface area contributed by atoms with Gasteiger partial charge in [0.2, 0.25) is 0 Å². The summed E-state index contributed by atoms with van der Waals surface area (Å²) in [5.74, 6) is 0. The summed E-state index contributed by atoms with van der Waals surface area (Å²) >= 11 is 0. The minimum absolute atomic E-state index is 1.15. The molecule has 7 rings (SSSR count). The maximum Gasteiger partial charge on any atom is 0.0540 e. The third-order valence-corrected chi connectivity index (χ3v) is 6.98. The van der Waals surface area contributed by atoms with E-state index in [0.29, 0.717) is 0 Å². The molecule has 0 heterocycles. The summed E-state index contributed by atoms with van der Waals surface area (Å²) in [6, 6.07) is 50.3. The van der Waals surface area contributed by atoms with Gasteiger partial charge in [0.05, 0.1) is 11.4 Å². The first-order valence-corrected chi connectivity index (χ1v) is 12.0. The highest BCUT2D eigenvalue weighted by atomic mass is 15.1. The van der Waals surface area contributed by atoms with E-state index in [1.807, 2.05) is 0 Å². The lowest BCUT2D eigenvalue weighted by Crippen LogP contribution is -2.10. The number of para-hydroxylation sites is 1. The number of anilines is 3. The largest absolute Gasteiger partial charge is 0.309 e. The molecule has 0 saturated carbocycles. The fourth-order valence-corrected chi connectivity index (χ4v) is 5.35. The van der Waals surface area contributed by atoms with E-state index in [4.69, 9.17) is 0 Å². The first-order valence-electron chi connectivity index (χ1n) is 12.0. The maximum atomic E-state index is 2.40. The standard InChI is InChI=1S/C34H23N/c1-2-14-28(15-3-1)35(33-18-8-13-24-10-6-7-16-29(24)33)34-19-9-17-30-31(34)21-20-27-22-25-11-4-5-12-26(25)23-32(27)30/h1-23H. The molecule has 0 bridgehead atoms. The summed E-state index contributed by atoms with van der Waals surface area (Å²) in [5, 5.41) is 10.1. The van der Waals surface area contributed by atoms with Crippen molar-refractivity contribution in [2.45, 2.75) is 0 Å². The summed E-state index contributed by atoms with van der Waals surface area (Å²) in [7, 11) is 0. The number of nitrogens with zero attached hydrogens (tertiary/aromatic N) is 1. The van der Waals surface area contributed by atoms with Gasteiger partial charge < -0.3 is 4.90 Å². The summed E-state index contributed by atoms with van der Waals surface area (Å²) in [6.07, 6.45) is 0. The fraction of sp³-hybridized carbons (Fsp3) is 0. The third-order valence-electron chi connectivity index (χ3n) is 6.98. The monoisotopic (exact) mass is 445 g/mol. The molecule has 0 saturated heterocycles. The second-order valence-corrected chi connectivity index (χ2v) is 9.03. The van der Waals surface area contributed by atoms with Crippen LogP contribution in [0, 0.1) is 0 Å². The van der Waals surface area contributed by atoms with E-state index in [1.54, 1.807) is 0 Å². The SMILES string of the molecule is c1ccc(N(c2cccc3ccccc23)c2cccc3c2ccc2cc4ccccc4cc23)cc1. The van der Waals surface area contributed by atoms with Crippen molar-refractivity contribution >= 4 is 60.2 Å². The van der Waals surface area contributed by atoms with Gasteiger partial charge in [0.1, 0.15) is 0 Å². The average molecular weight is 446 g/mol. The van der Waals surface area contributed by atoms with E-state index < -0.39 is 0 Å². The molecular formula is C34H23N. The second kappa shape index (κ2) is 8.00. The molecular weight excluding hydrogens is 422 g/mol. The Labute approximate surface area is 204 Å². The molecule has 1 nitrogen and oxygen atoms in total. The lowest BCUT2D eigenvalue weighted by atomic mass is 9.96. The Bertz CT molecular complexity index is 1850. The predicted octanol–water partition coefficient (Wildman–Crippen LogP) is 9.77. The predicted molar refractivity (Wildman–Crippen MR) is 151 cm³/mol. The van der Waals surface area contributed by atoms with Crippen LogP contribution in [0.4, 0.5) is 17.1 Å². The molecule has 7 aromatic rings. The highest BCUT2D eigenvalue weighted by Crippen LogP contribution is 2.43. The van der Waals surface area contributed by atoms with Gasteiger partial charge >= 0.3 is 0 Å². The van der Waals surface area contributed by atoms with Crippen LogP contribution < -0.4 is 4.90 Å². The topological polar surface area (TPSA) is 3.24 Å². The lowest BCUT2D eigenvalue weighted by Gasteiger charge is -2.28. The van der Waals surface area contributed by atoms with E-state index >= 15 is 0 Å². The zero-order valence-electron chi connectivity index (χ0n) is 19.2. The summed E-state index contributed by atoms with van der Waals surface area (Å²) in [6.45, 7) is 0. The Kier molecular flexibility index (Phi) is 4.53. The van der Waals surface area contributed by atoms with Crippen molar-refractivity contribution in [1.29, 1.82) is 0 Å². The second-order valence-electron chi connectivity index (χ2n) is 9.03. The molecule has 0 fully saturated rings. The average Bonchev–Trinajstić information content (AvgIpc) is 2.93. The molecule has 0 N–H and O–H groups in total. The van der Waals surface area contributed by atoms with Crippen molar-refractivity contribution in [1.82, 2.24) is 0 Å². The van der Waals surface area contributed by atoms with Gasteiger partial charge in [-0.3, -0.25) is 0 Å². The van der Waals surface area contributed by atoms with Crippen molar-refractivity contribution in [2.24, 2.45) is 0 Å². The third kappa shape index (κ3) is 3.25. The van der Waals surface area contributed by atoms with Crippen LogP contribution in [-0.4, -0.2) is 0 Å². The number of hydrogen-bond acceptors (Lipinski definition) is 1. The minimum Gasteiger partial charge on any atom is -0.309 e. The van der Waals surface area contributed by atoms with Gasteiger partial charge in [-0.15, -0.1) is 0 Å². The van der Waals surface area contributed by atoms with Gasteiger partial charge in [-0.25, -0.2) is 0 Å². The van der Waals surface area contributed by atoms with Crippen LogP contribution in [0.2, 0.25) is 0 Å². The van der Waals surface area contributed by atoms with Gasteiger partial charge in [0.25, 0.3) is 0 Å². The molecule has 35 heavy (non-hydrogen) atoms. The first kappa shape index (κ1) is 19.8. The van der Waals surface area contributed by atoms with Crippen LogP contribution in [0.25, 0.3) is 43.1 Å². The van der Waals surface area contributed by atoms with Crippen molar-refractivity contribution in [3.63, 3.8) is 0 Å². The molecule has 0 amide bonds. The normalized spacial score (nSPS) is 11.4. The van der Waals surface area contributed by atoms with Gasteiger partial charge in [-0.2, -0.15) is 0 Å². The molecule has 0 aliphatic heterocycles. The Morgan fingerprint density at radius 2 is 0.914 bits per heavy atom. The highest BCUT2D eigenvalue weighted by molar-refractivity contribution is 6.16. The maximum absolute atomic E-state index is 2.40. The molecule has 0 aromatic heterocycles. The number of fused-ring (bicyclic) bond motifs is 5. The van der Waals surface area contributed by atoms with E-state index in [9.17, 15) is 0 Å². The Balaban J connectivity index is 1.55. The molecule has 1 heteroatoms. The van der Waals surface area contributed by atoms with Crippen molar-refractivity contribution in [3.8, 4) is 0 Å². The Morgan fingerprint density at radius 3 is 1.74 bits per heavy atom. The van der Waals surface area contributed by atoms with Crippen LogP contribution in [0.15, 0.2) is 140 Å². The van der Waals surface area contributed by atoms with E-state index in [2.05, 4.69) is 144 Å². The zero-order valence-corrected chi connectivity index (χ0v) is 19.2. The highest BCUT2D eigenvalue weighted by Gasteiger charge is 2.18. The first-order chi connectivity index (χ1) is 17.4. The molecule has 0 aliphatic carbocycles. The number of rotatable bonds is 3. The molecule has 0 atom stereocenters. The summed E-state index contributed by atoms with van der Waals surface area (Å²) < 4.78 is 0. The molecule has 0 radical (unpaired) electrons. The molecule has 0 aliphatic rings. The minimum atomic E-state index is 1.15. The number of hydrogen-bond donors (Lipinski definition) is 0. The fourth-order valence-electron chi connectivity index (χ4n) is 5.35. The van der Waals surface area contributed by atoms with E-state index in [1.165, 1.54) is 54.5 Å². The quantitative estimate of drug-likeness (QED) is 0.193. The van der Waals surface area contributed by atoms with Crippen molar-refractivity contribution < 1.29 is 0 Å². The molecule has 7 aromatic carbocycles. The van der Waals surface area contributed by atoms with Gasteiger partial charge in [0, 0.05) is 16.5 Å². The molecule has 0 unspecified atom stereocenters. The lowest BCUT2D eigenvalue weighted by molar-refractivity contribution is 1.31. The zero-order chi connectivity index (χ0) is 23.2. The van der Waals surface area contributed by atoms with Crippen LogP contribution in [0.5, 0.6) is 0 Å². The smallest absolute Gasteiger partial charge is 0.0540 e.